The molecule has 0 radical (unpaired) electrons. The van der Waals surface area contributed by atoms with Crippen LogP contribution in [0.1, 0.15) is 192 Å². The van der Waals surface area contributed by atoms with E-state index in [0.29, 0.717) is 14.5 Å². The average Bonchev–Trinajstić information content (AvgIpc) is 3.43. The van der Waals surface area contributed by atoms with Crippen molar-refractivity contribution in [2.75, 3.05) is 26.4 Å². The van der Waals surface area contributed by atoms with Gasteiger partial charge in [-0.15, -0.1) is 0 Å². The first-order valence-electron chi connectivity index (χ1n) is 18.6. The van der Waals surface area contributed by atoms with Gasteiger partial charge in [0.05, 0.1) is 0 Å². The second-order valence-corrected chi connectivity index (χ2v) is 14.2. The van der Waals surface area contributed by atoms with Gasteiger partial charge in [-0.2, -0.15) is 0 Å². The molecule has 0 saturated carbocycles. The van der Waals surface area contributed by atoms with Crippen LogP contribution >= 0.6 is 0 Å². The summed E-state index contributed by atoms with van der Waals surface area (Å²) in [5.74, 6) is 0. The second kappa shape index (κ2) is 32.8. The molecule has 0 unspecified atom stereocenters. The molecule has 0 fully saturated rings. The Bertz CT molecular complexity index is 563. The minimum Gasteiger partial charge on any atom is -0.0654 e. The van der Waals surface area contributed by atoms with E-state index in [4.69, 9.17) is 9.47 Å². The fourth-order valence-corrected chi connectivity index (χ4v) is 7.76. The van der Waals surface area contributed by atoms with Gasteiger partial charge in [0, 0.05) is 0 Å². The summed E-state index contributed by atoms with van der Waals surface area (Å²) in [4.78, 5) is 4.92. The van der Waals surface area contributed by atoms with E-state index < -0.39 is 0 Å². The molecular weight excluding hydrogens is 567 g/mol. The summed E-state index contributed by atoms with van der Waals surface area (Å²) < 4.78 is 12.0. The Labute approximate surface area is 264 Å². The average molecular weight is 640 g/mol. The van der Waals surface area contributed by atoms with Crippen LogP contribution in [-0.4, -0.2) is 40.9 Å². The fraction of sp³-hybridized carbons (Fsp3) is 0.895. The molecule has 2 nitrogen and oxygen atoms in total. The summed E-state index contributed by atoms with van der Waals surface area (Å²) >= 11 is 0.550. The van der Waals surface area contributed by atoms with Gasteiger partial charge in [0.1, 0.15) is 0 Å². The third kappa shape index (κ3) is 27.2. The molecule has 1 aromatic rings. The zero-order valence-electron chi connectivity index (χ0n) is 28.0. The summed E-state index contributed by atoms with van der Waals surface area (Å²) in [6, 6.07) is 0. The normalized spacial score (nSPS) is 11.6. The van der Waals surface area contributed by atoms with Crippen LogP contribution in [0.4, 0.5) is 0 Å². The van der Waals surface area contributed by atoms with E-state index >= 15 is 0 Å². The van der Waals surface area contributed by atoms with Crippen molar-refractivity contribution < 1.29 is 9.47 Å². The quantitative estimate of drug-likeness (QED) is 0.0552. The third-order valence-electron chi connectivity index (χ3n) is 8.65. The molecular formula is C38H72O2Se. The predicted octanol–water partition coefficient (Wildman–Crippen LogP) is 12.0. The van der Waals surface area contributed by atoms with E-state index in [9.17, 15) is 0 Å². The molecule has 0 bridgehead atoms. The maximum atomic E-state index is 5.99. The van der Waals surface area contributed by atoms with Crippen molar-refractivity contribution >= 4 is 14.5 Å². The Hall–Kier alpha value is -0.0805. The minimum atomic E-state index is 0.550. The molecule has 1 rings (SSSR count). The summed E-state index contributed by atoms with van der Waals surface area (Å²) in [7, 11) is 0. The number of rotatable bonds is 34. The Balaban J connectivity index is 1.82. The summed E-state index contributed by atoms with van der Waals surface area (Å²) in [5.41, 5.74) is 3.08. The molecule has 0 spiro atoms. The van der Waals surface area contributed by atoms with Gasteiger partial charge in [-0.25, -0.2) is 0 Å². The Morgan fingerprint density at radius 1 is 0.366 bits per heavy atom. The van der Waals surface area contributed by atoms with E-state index in [0.717, 1.165) is 39.3 Å². The Morgan fingerprint density at radius 2 is 0.634 bits per heavy atom. The van der Waals surface area contributed by atoms with Crippen molar-refractivity contribution in [2.24, 2.45) is 0 Å². The molecule has 0 aromatic carbocycles. The third-order valence-corrected chi connectivity index (χ3v) is 10.4. The number of ether oxygens (including phenoxy) is 2. The molecule has 0 aliphatic carbocycles. The number of hydrogen-bond donors (Lipinski definition) is 0. The van der Waals surface area contributed by atoms with Crippen LogP contribution < -0.4 is 0 Å². The first kappa shape index (κ1) is 38.9. The van der Waals surface area contributed by atoms with Crippen LogP contribution in [0.2, 0.25) is 0 Å². The number of unbranched alkanes of at least 4 members (excludes halogenated alkanes) is 24. The molecule has 0 N–H and O–H groups in total. The van der Waals surface area contributed by atoms with Crippen molar-refractivity contribution in [3.05, 3.63) is 21.0 Å². The van der Waals surface area contributed by atoms with Gasteiger partial charge in [0.15, 0.2) is 0 Å². The van der Waals surface area contributed by atoms with Crippen LogP contribution in [0.15, 0.2) is 9.88 Å². The Kier molecular flexibility index (Phi) is 31.2. The van der Waals surface area contributed by atoms with E-state index in [-0.39, 0.29) is 0 Å². The van der Waals surface area contributed by atoms with Crippen molar-refractivity contribution in [3.8, 4) is 0 Å². The molecule has 1 heterocycles. The minimum absolute atomic E-state index is 0.550. The van der Waals surface area contributed by atoms with E-state index in [1.807, 2.05) is 0 Å². The molecule has 0 aliphatic heterocycles. The molecule has 0 aliphatic rings. The van der Waals surface area contributed by atoms with Gasteiger partial charge in [-0.3, -0.25) is 0 Å². The first-order valence-corrected chi connectivity index (χ1v) is 20.6. The van der Waals surface area contributed by atoms with E-state index in [2.05, 4.69) is 23.7 Å². The van der Waals surface area contributed by atoms with Crippen molar-refractivity contribution in [1.82, 2.24) is 0 Å². The maximum absolute atomic E-state index is 5.99. The van der Waals surface area contributed by atoms with Crippen LogP contribution in [0.5, 0.6) is 0 Å². The van der Waals surface area contributed by atoms with Crippen LogP contribution in [0.3, 0.4) is 0 Å². The van der Waals surface area contributed by atoms with Crippen LogP contribution in [-0.2, 0) is 22.3 Å². The topological polar surface area (TPSA) is 18.5 Å². The van der Waals surface area contributed by atoms with Gasteiger partial charge >= 0.3 is 161 Å². The second-order valence-electron chi connectivity index (χ2n) is 12.6. The molecule has 242 valence electrons. The summed E-state index contributed by atoms with van der Waals surface area (Å²) in [5, 5.41) is 0. The smallest absolute Gasteiger partial charge is 0.0654 e. The Morgan fingerprint density at radius 3 is 0.927 bits per heavy atom. The van der Waals surface area contributed by atoms with Crippen LogP contribution in [0.25, 0.3) is 0 Å². The molecule has 41 heavy (non-hydrogen) atoms. The summed E-state index contributed by atoms with van der Waals surface area (Å²) in [6.07, 6.45) is 38.8. The molecule has 0 amide bonds. The SMILES string of the molecule is CCCCCCCCCCCCCCCOCCc1c[se]cc1CCOCCCCCCCCCCCCCCC. The molecule has 1 aromatic heterocycles. The van der Waals surface area contributed by atoms with Gasteiger partial charge in [-0.05, 0) is 0 Å². The fourth-order valence-electron chi connectivity index (χ4n) is 5.80. The molecule has 3 heteroatoms. The zero-order valence-corrected chi connectivity index (χ0v) is 29.7. The van der Waals surface area contributed by atoms with Gasteiger partial charge in [0.2, 0.25) is 0 Å². The van der Waals surface area contributed by atoms with Gasteiger partial charge in [-0.1, -0.05) is 104 Å². The molecule has 0 atom stereocenters. The van der Waals surface area contributed by atoms with Crippen molar-refractivity contribution in [2.45, 2.75) is 194 Å². The van der Waals surface area contributed by atoms with Gasteiger partial charge in [0.25, 0.3) is 0 Å². The van der Waals surface area contributed by atoms with Gasteiger partial charge < -0.3 is 0 Å². The first-order chi connectivity index (χ1) is 20.4. The zero-order chi connectivity index (χ0) is 29.3. The van der Waals surface area contributed by atoms with E-state index in [1.165, 1.54) is 167 Å². The van der Waals surface area contributed by atoms with Crippen molar-refractivity contribution in [1.29, 1.82) is 0 Å². The monoisotopic (exact) mass is 640 g/mol. The number of hydrogen-bond acceptors (Lipinski definition) is 2. The van der Waals surface area contributed by atoms with Crippen molar-refractivity contribution in [3.63, 3.8) is 0 Å². The predicted molar refractivity (Wildman–Crippen MR) is 184 cm³/mol. The standard InChI is InChI=1S/C38H72O2Se/c1-3-5-7-9-11-13-15-17-19-21-23-25-27-31-39-33-29-37-35-41-36-38(37)30-34-40-32-28-26-24-22-20-18-16-14-12-10-8-6-4-2/h35-36H,3-34H2,1-2H3. The van der Waals surface area contributed by atoms with E-state index in [1.54, 1.807) is 11.1 Å². The molecule has 0 saturated heterocycles. The van der Waals surface area contributed by atoms with Crippen LogP contribution in [0, 0.1) is 0 Å². The summed E-state index contributed by atoms with van der Waals surface area (Å²) in [6.45, 7) is 8.25.